The second-order valence-corrected chi connectivity index (χ2v) is 4.94. The van der Waals surface area contributed by atoms with E-state index in [-0.39, 0.29) is 5.56 Å². The van der Waals surface area contributed by atoms with E-state index >= 15 is 0 Å². The monoisotopic (exact) mass is 311 g/mol. The molecule has 1 aromatic carbocycles. The van der Waals surface area contributed by atoms with Crippen molar-refractivity contribution >= 4 is 17.5 Å². The van der Waals surface area contributed by atoms with Gasteiger partial charge in [0.2, 0.25) is 0 Å². The fraction of sp³-hybridized carbons (Fsp3) is 0.0625. The number of amides is 1. The Hall–Kier alpha value is -3.22. The van der Waals surface area contributed by atoms with E-state index in [9.17, 15) is 9.18 Å². The van der Waals surface area contributed by atoms with Gasteiger partial charge < -0.3 is 11.1 Å². The summed E-state index contributed by atoms with van der Waals surface area (Å²) in [6, 6.07) is 10.9. The highest BCUT2D eigenvalue weighted by Crippen LogP contribution is 2.21. The minimum atomic E-state index is -0.577. The molecule has 0 saturated carbocycles. The molecule has 0 spiro atoms. The Morgan fingerprint density at radius 3 is 2.65 bits per heavy atom. The van der Waals surface area contributed by atoms with E-state index in [1.807, 2.05) is 0 Å². The second-order valence-electron chi connectivity index (χ2n) is 4.94. The van der Waals surface area contributed by atoms with Crippen molar-refractivity contribution in [3.63, 3.8) is 0 Å². The fourth-order valence-electron chi connectivity index (χ4n) is 2.21. The van der Waals surface area contributed by atoms with Crippen molar-refractivity contribution in [2.24, 2.45) is 7.05 Å². The van der Waals surface area contributed by atoms with Gasteiger partial charge in [-0.15, -0.1) is 0 Å². The van der Waals surface area contributed by atoms with Gasteiger partial charge in [-0.05, 0) is 24.3 Å². The maximum atomic E-state index is 13.6. The number of benzene rings is 1. The summed E-state index contributed by atoms with van der Waals surface area (Å²) in [6.45, 7) is 0. The van der Waals surface area contributed by atoms with Gasteiger partial charge in [-0.1, -0.05) is 12.1 Å². The molecule has 0 aliphatic carbocycles. The van der Waals surface area contributed by atoms with Crippen LogP contribution in [0.25, 0.3) is 11.3 Å². The number of anilines is 2. The topological polar surface area (TPSA) is 85.8 Å². The van der Waals surface area contributed by atoms with Crippen LogP contribution in [-0.4, -0.2) is 20.7 Å². The molecule has 6 nitrogen and oxygen atoms in total. The zero-order valence-electron chi connectivity index (χ0n) is 12.3. The zero-order valence-corrected chi connectivity index (χ0v) is 12.3. The molecule has 1 amide bonds. The van der Waals surface area contributed by atoms with E-state index < -0.39 is 11.7 Å². The van der Waals surface area contributed by atoms with Crippen molar-refractivity contribution in [3.8, 4) is 11.3 Å². The molecule has 0 unspecified atom stereocenters. The van der Waals surface area contributed by atoms with Crippen LogP contribution in [-0.2, 0) is 7.05 Å². The predicted octanol–water partition coefficient (Wildman–Crippen LogP) is 2.46. The first-order valence-corrected chi connectivity index (χ1v) is 6.86. The first-order valence-electron chi connectivity index (χ1n) is 6.86. The van der Waals surface area contributed by atoms with Crippen molar-refractivity contribution in [3.05, 3.63) is 60.0 Å². The van der Waals surface area contributed by atoms with E-state index in [2.05, 4.69) is 15.4 Å². The summed E-state index contributed by atoms with van der Waals surface area (Å²) in [5.74, 6) is -0.378. The second kappa shape index (κ2) is 5.88. The van der Waals surface area contributed by atoms with Crippen LogP contribution in [0.15, 0.2) is 48.7 Å². The minimum Gasteiger partial charge on any atom is -0.382 e. The van der Waals surface area contributed by atoms with Crippen molar-refractivity contribution in [2.75, 3.05) is 11.1 Å². The molecule has 0 atom stereocenters. The molecule has 3 rings (SSSR count). The van der Waals surface area contributed by atoms with Crippen molar-refractivity contribution in [1.29, 1.82) is 0 Å². The van der Waals surface area contributed by atoms with Gasteiger partial charge in [0.05, 0.1) is 11.3 Å². The Kier molecular flexibility index (Phi) is 3.76. The molecule has 0 fully saturated rings. The lowest BCUT2D eigenvalue weighted by Gasteiger charge is -2.06. The molecule has 2 heterocycles. The zero-order chi connectivity index (χ0) is 16.4. The summed E-state index contributed by atoms with van der Waals surface area (Å²) in [5, 5.41) is 6.62. The minimum absolute atomic E-state index is 0.0298. The number of aromatic nitrogens is 3. The number of pyridine rings is 1. The Labute approximate surface area is 131 Å². The number of nitrogens with two attached hydrogens (primary N) is 1. The highest BCUT2D eigenvalue weighted by Gasteiger charge is 2.12. The lowest BCUT2D eigenvalue weighted by Crippen LogP contribution is -2.14. The number of halogens is 1. The number of nitrogen functional groups attached to an aromatic ring is 1. The van der Waals surface area contributed by atoms with Crippen LogP contribution in [0.5, 0.6) is 0 Å². The smallest absolute Gasteiger partial charge is 0.259 e. The summed E-state index contributed by atoms with van der Waals surface area (Å²) in [5.41, 5.74) is 7.23. The quantitative estimate of drug-likeness (QED) is 0.778. The lowest BCUT2D eigenvalue weighted by atomic mass is 10.2. The Morgan fingerprint density at radius 2 is 2.04 bits per heavy atom. The molecule has 0 bridgehead atoms. The van der Waals surface area contributed by atoms with Crippen LogP contribution < -0.4 is 11.1 Å². The maximum absolute atomic E-state index is 13.6. The molecule has 0 aliphatic heterocycles. The molecule has 0 saturated heterocycles. The molecule has 3 N–H and O–H groups in total. The lowest BCUT2D eigenvalue weighted by molar-refractivity contribution is 0.102. The van der Waals surface area contributed by atoms with Gasteiger partial charge in [0.15, 0.2) is 0 Å². The Morgan fingerprint density at radius 1 is 1.26 bits per heavy atom. The van der Waals surface area contributed by atoms with Crippen molar-refractivity contribution in [1.82, 2.24) is 14.8 Å². The summed E-state index contributed by atoms with van der Waals surface area (Å²) in [4.78, 5) is 16.2. The third-order valence-electron chi connectivity index (χ3n) is 3.32. The highest BCUT2D eigenvalue weighted by molar-refractivity contribution is 6.03. The van der Waals surface area contributed by atoms with E-state index in [0.29, 0.717) is 11.6 Å². The molecule has 0 radical (unpaired) electrons. The van der Waals surface area contributed by atoms with Crippen LogP contribution in [0.3, 0.4) is 0 Å². The predicted molar refractivity (Wildman–Crippen MR) is 85.2 cm³/mol. The third kappa shape index (κ3) is 3.03. The van der Waals surface area contributed by atoms with Gasteiger partial charge >= 0.3 is 0 Å². The van der Waals surface area contributed by atoms with Gasteiger partial charge in [-0.2, -0.15) is 5.10 Å². The van der Waals surface area contributed by atoms with E-state index in [1.54, 1.807) is 42.2 Å². The number of rotatable bonds is 3. The summed E-state index contributed by atoms with van der Waals surface area (Å²) in [6.07, 6.45) is 1.59. The Bertz CT molecular complexity index is 857. The maximum Gasteiger partial charge on any atom is 0.259 e. The van der Waals surface area contributed by atoms with Gasteiger partial charge in [0.1, 0.15) is 17.5 Å². The van der Waals surface area contributed by atoms with Gasteiger partial charge in [0, 0.05) is 24.9 Å². The molecule has 2 aromatic heterocycles. The van der Waals surface area contributed by atoms with Crippen LogP contribution in [0, 0.1) is 5.82 Å². The molecule has 116 valence electrons. The average Bonchev–Trinajstić information content (AvgIpc) is 2.87. The van der Waals surface area contributed by atoms with Gasteiger partial charge in [-0.3, -0.25) is 9.48 Å². The van der Waals surface area contributed by atoms with E-state index in [4.69, 9.17) is 5.73 Å². The van der Waals surface area contributed by atoms with E-state index in [1.165, 1.54) is 18.2 Å². The summed E-state index contributed by atoms with van der Waals surface area (Å²) in [7, 11) is 1.78. The largest absolute Gasteiger partial charge is 0.382 e. The van der Waals surface area contributed by atoms with Gasteiger partial charge in [-0.25, -0.2) is 9.37 Å². The normalized spacial score (nSPS) is 10.5. The molecule has 23 heavy (non-hydrogen) atoms. The number of nitrogens with one attached hydrogen (secondary N) is 1. The molecular weight excluding hydrogens is 297 g/mol. The standard InChI is InChI=1S/C16H14FN5O/c1-22-13(8-14(18)21-22)10-6-7-15(19-9-10)20-16(23)11-4-2-3-5-12(11)17/h2-9H,1H3,(H2,18,21)(H,19,20,23). The van der Waals surface area contributed by atoms with Crippen LogP contribution in [0.4, 0.5) is 16.0 Å². The summed E-state index contributed by atoms with van der Waals surface area (Å²) < 4.78 is 15.2. The Balaban J connectivity index is 1.79. The fourth-order valence-corrected chi connectivity index (χ4v) is 2.21. The van der Waals surface area contributed by atoms with Crippen LogP contribution in [0.2, 0.25) is 0 Å². The van der Waals surface area contributed by atoms with Gasteiger partial charge in [0.25, 0.3) is 5.91 Å². The number of carbonyl (C=O) groups excluding carboxylic acids is 1. The van der Waals surface area contributed by atoms with E-state index in [0.717, 1.165) is 11.3 Å². The first kappa shape index (κ1) is 14.7. The number of nitrogens with zero attached hydrogens (tertiary/aromatic N) is 3. The first-order chi connectivity index (χ1) is 11.0. The average molecular weight is 311 g/mol. The SMILES string of the molecule is Cn1nc(N)cc1-c1ccc(NC(=O)c2ccccc2F)nc1. The number of hydrogen-bond donors (Lipinski definition) is 2. The van der Waals surface area contributed by atoms with Crippen LogP contribution >= 0.6 is 0 Å². The van der Waals surface area contributed by atoms with Crippen molar-refractivity contribution in [2.45, 2.75) is 0 Å². The molecule has 3 aromatic rings. The third-order valence-corrected chi connectivity index (χ3v) is 3.32. The molecule has 0 aliphatic rings. The van der Waals surface area contributed by atoms with Crippen molar-refractivity contribution < 1.29 is 9.18 Å². The highest BCUT2D eigenvalue weighted by atomic mass is 19.1. The summed E-state index contributed by atoms with van der Waals surface area (Å²) >= 11 is 0. The number of hydrogen-bond acceptors (Lipinski definition) is 4. The number of carbonyl (C=O) groups is 1. The van der Waals surface area contributed by atoms with Crippen LogP contribution in [0.1, 0.15) is 10.4 Å². The molecular formula is C16H14FN5O. The number of aryl methyl sites for hydroxylation is 1. The molecule has 7 heteroatoms.